The summed E-state index contributed by atoms with van der Waals surface area (Å²) >= 11 is 1.41. The first-order valence-corrected chi connectivity index (χ1v) is 8.45. The van der Waals surface area contributed by atoms with Crippen LogP contribution in [0.3, 0.4) is 0 Å². The number of pyridine rings is 1. The molecule has 2 N–H and O–H groups in total. The summed E-state index contributed by atoms with van der Waals surface area (Å²) in [5.74, 6) is -1.48. The Morgan fingerprint density at radius 3 is 2.69 bits per heavy atom. The van der Waals surface area contributed by atoms with Crippen molar-refractivity contribution in [3.8, 4) is 0 Å². The van der Waals surface area contributed by atoms with Crippen molar-refractivity contribution in [3.05, 3.63) is 76.8 Å². The van der Waals surface area contributed by atoms with Crippen molar-refractivity contribution in [3.63, 3.8) is 0 Å². The summed E-state index contributed by atoms with van der Waals surface area (Å²) in [6, 6.07) is 8.61. The average molecular weight is 368 g/mol. The summed E-state index contributed by atoms with van der Waals surface area (Å²) in [5, 5.41) is 6.94. The third kappa shape index (κ3) is 4.58. The number of hydrogen-bond acceptors (Lipinski definition) is 5. The Bertz CT molecular complexity index is 943. The van der Waals surface area contributed by atoms with Gasteiger partial charge in [-0.25, -0.2) is 9.37 Å². The van der Waals surface area contributed by atoms with Gasteiger partial charge in [-0.1, -0.05) is 6.07 Å². The summed E-state index contributed by atoms with van der Waals surface area (Å²) in [6.07, 6.45) is 4.31. The van der Waals surface area contributed by atoms with Crippen LogP contribution in [-0.4, -0.2) is 21.8 Å². The molecule has 0 atom stereocenters. The zero-order valence-electron chi connectivity index (χ0n) is 13.3. The summed E-state index contributed by atoms with van der Waals surface area (Å²) in [7, 11) is 0. The third-order valence-electron chi connectivity index (χ3n) is 3.24. The van der Waals surface area contributed by atoms with E-state index in [4.69, 9.17) is 0 Å². The SMILES string of the molecule is O=C(/C=C/c1cscn1)Nc1cc(F)ccc1NC(=O)c1ccccn1. The van der Waals surface area contributed by atoms with Crippen molar-refractivity contribution >= 4 is 40.6 Å². The second-order valence-corrected chi connectivity index (χ2v) is 5.81. The highest BCUT2D eigenvalue weighted by Crippen LogP contribution is 2.23. The Balaban J connectivity index is 1.75. The van der Waals surface area contributed by atoms with E-state index in [0.29, 0.717) is 5.69 Å². The molecule has 3 rings (SSSR count). The number of anilines is 2. The molecule has 26 heavy (non-hydrogen) atoms. The van der Waals surface area contributed by atoms with Gasteiger partial charge in [-0.15, -0.1) is 11.3 Å². The summed E-state index contributed by atoms with van der Waals surface area (Å²) in [6.45, 7) is 0. The van der Waals surface area contributed by atoms with E-state index < -0.39 is 17.6 Å². The molecule has 0 saturated carbocycles. The molecule has 0 fully saturated rings. The Hall–Kier alpha value is -3.39. The molecular weight excluding hydrogens is 355 g/mol. The van der Waals surface area contributed by atoms with Crippen LogP contribution in [0.2, 0.25) is 0 Å². The number of hydrogen-bond donors (Lipinski definition) is 2. The highest BCUT2D eigenvalue weighted by Gasteiger charge is 2.12. The van der Waals surface area contributed by atoms with E-state index in [1.165, 1.54) is 41.8 Å². The van der Waals surface area contributed by atoms with Crippen molar-refractivity contribution in [1.82, 2.24) is 9.97 Å². The fourth-order valence-corrected chi connectivity index (χ4v) is 2.57. The number of benzene rings is 1. The van der Waals surface area contributed by atoms with E-state index in [2.05, 4.69) is 20.6 Å². The van der Waals surface area contributed by atoms with E-state index in [1.807, 2.05) is 0 Å². The topological polar surface area (TPSA) is 84.0 Å². The lowest BCUT2D eigenvalue weighted by molar-refractivity contribution is -0.111. The van der Waals surface area contributed by atoms with Gasteiger partial charge in [0.05, 0.1) is 22.6 Å². The molecule has 130 valence electrons. The van der Waals surface area contributed by atoms with Crippen LogP contribution >= 0.6 is 11.3 Å². The largest absolute Gasteiger partial charge is 0.321 e. The van der Waals surface area contributed by atoms with Gasteiger partial charge in [0.15, 0.2) is 0 Å². The minimum atomic E-state index is -0.542. The molecule has 0 aliphatic heterocycles. The number of carbonyl (C=O) groups excluding carboxylic acids is 2. The Morgan fingerprint density at radius 1 is 1.08 bits per heavy atom. The Morgan fingerprint density at radius 2 is 1.96 bits per heavy atom. The quantitative estimate of drug-likeness (QED) is 0.674. The molecule has 0 radical (unpaired) electrons. The summed E-state index contributed by atoms with van der Waals surface area (Å²) < 4.78 is 13.6. The molecule has 2 aromatic heterocycles. The molecule has 0 aliphatic rings. The Labute approximate surface area is 152 Å². The highest BCUT2D eigenvalue weighted by atomic mass is 32.1. The van der Waals surface area contributed by atoms with E-state index in [0.717, 1.165) is 6.07 Å². The van der Waals surface area contributed by atoms with E-state index >= 15 is 0 Å². The van der Waals surface area contributed by atoms with Crippen molar-refractivity contribution in [1.29, 1.82) is 0 Å². The van der Waals surface area contributed by atoms with Gasteiger partial charge < -0.3 is 10.6 Å². The molecule has 3 aromatic rings. The second-order valence-electron chi connectivity index (χ2n) is 5.09. The van der Waals surface area contributed by atoms with Crippen molar-refractivity contribution in [2.45, 2.75) is 0 Å². The maximum absolute atomic E-state index is 13.6. The maximum atomic E-state index is 13.6. The van der Waals surface area contributed by atoms with Gasteiger partial charge in [-0.2, -0.15) is 0 Å². The monoisotopic (exact) mass is 368 g/mol. The fraction of sp³-hybridized carbons (Fsp3) is 0. The maximum Gasteiger partial charge on any atom is 0.274 e. The number of carbonyl (C=O) groups is 2. The lowest BCUT2D eigenvalue weighted by Crippen LogP contribution is -2.16. The first-order chi connectivity index (χ1) is 12.6. The predicted octanol–water partition coefficient (Wildman–Crippen LogP) is 3.58. The van der Waals surface area contributed by atoms with Gasteiger partial charge in [0.2, 0.25) is 5.91 Å². The summed E-state index contributed by atoms with van der Waals surface area (Å²) in [5.41, 5.74) is 2.90. The van der Waals surface area contributed by atoms with Gasteiger partial charge in [-0.3, -0.25) is 14.6 Å². The molecule has 0 aliphatic carbocycles. The fourth-order valence-electron chi connectivity index (χ4n) is 2.05. The van der Waals surface area contributed by atoms with Crippen molar-refractivity contribution in [2.75, 3.05) is 10.6 Å². The molecule has 0 bridgehead atoms. The number of nitrogens with zero attached hydrogens (tertiary/aromatic N) is 2. The minimum absolute atomic E-state index is 0.141. The number of thiazole rings is 1. The third-order valence-corrected chi connectivity index (χ3v) is 3.85. The standard InChI is InChI=1S/C18H13FN4O2S/c19-12-4-6-14(23-18(25)15-3-1-2-8-20-15)16(9-12)22-17(24)7-5-13-10-26-11-21-13/h1-11H,(H,22,24)(H,23,25)/b7-5+. The van der Waals surface area contributed by atoms with E-state index in [1.54, 1.807) is 29.1 Å². The molecule has 0 saturated heterocycles. The van der Waals surface area contributed by atoms with Crippen LogP contribution in [0.5, 0.6) is 0 Å². The lowest BCUT2D eigenvalue weighted by atomic mass is 10.2. The molecule has 8 heteroatoms. The molecule has 0 spiro atoms. The molecule has 2 amide bonds. The number of amides is 2. The van der Waals surface area contributed by atoms with Crippen molar-refractivity contribution < 1.29 is 14.0 Å². The average Bonchev–Trinajstić information content (AvgIpc) is 3.16. The molecule has 0 unspecified atom stereocenters. The van der Waals surface area contributed by atoms with Gasteiger partial charge in [0.25, 0.3) is 5.91 Å². The number of halogens is 1. The second kappa shape index (κ2) is 8.13. The van der Waals surface area contributed by atoms with Gasteiger partial charge in [0.1, 0.15) is 11.5 Å². The zero-order chi connectivity index (χ0) is 18.4. The van der Waals surface area contributed by atoms with Crippen LogP contribution in [0.15, 0.2) is 59.6 Å². The van der Waals surface area contributed by atoms with Gasteiger partial charge in [-0.05, 0) is 36.4 Å². The van der Waals surface area contributed by atoms with E-state index in [-0.39, 0.29) is 17.1 Å². The van der Waals surface area contributed by atoms with Crippen LogP contribution in [-0.2, 0) is 4.79 Å². The molecular formula is C18H13FN4O2S. The van der Waals surface area contributed by atoms with Gasteiger partial charge >= 0.3 is 0 Å². The van der Waals surface area contributed by atoms with Crippen LogP contribution in [0.25, 0.3) is 6.08 Å². The first kappa shape index (κ1) is 17.4. The molecule has 1 aromatic carbocycles. The van der Waals surface area contributed by atoms with Crippen LogP contribution in [0, 0.1) is 5.82 Å². The Kier molecular flexibility index (Phi) is 5.45. The van der Waals surface area contributed by atoms with Crippen molar-refractivity contribution in [2.24, 2.45) is 0 Å². The van der Waals surface area contributed by atoms with Gasteiger partial charge in [0, 0.05) is 17.7 Å². The van der Waals surface area contributed by atoms with E-state index in [9.17, 15) is 14.0 Å². The van der Waals surface area contributed by atoms with Crippen LogP contribution in [0.4, 0.5) is 15.8 Å². The van der Waals surface area contributed by atoms with Crippen LogP contribution < -0.4 is 10.6 Å². The number of rotatable bonds is 5. The highest BCUT2D eigenvalue weighted by molar-refractivity contribution is 7.07. The minimum Gasteiger partial charge on any atom is -0.321 e. The zero-order valence-corrected chi connectivity index (χ0v) is 14.2. The predicted molar refractivity (Wildman–Crippen MR) is 98.4 cm³/mol. The first-order valence-electron chi connectivity index (χ1n) is 7.51. The lowest BCUT2D eigenvalue weighted by Gasteiger charge is -2.11. The molecule has 2 heterocycles. The van der Waals surface area contributed by atoms with Crippen LogP contribution in [0.1, 0.15) is 16.2 Å². The number of nitrogens with one attached hydrogen (secondary N) is 2. The molecule has 6 nitrogen and oxygen atoms in total. The number of aromatic nitrogens is 2. The smallest absolute Gasteiger partial charge is 0.274 e. The summed E-state index contributed by atoms with van der Waals surface area (Å²) in [4.78, 5) is 32.3. The normalized spacial score (nSPS) is 10.7.